The molecule has 1 rings (SSSR count). The van der Waals surface area contributed by atoms with Crippen molar-refractivity contribution in [1.82, 2.24) is 10.3 Å². The molecule has 1 heterocycles. The van der Waals surface area contributed by atoms with E-state index < -0.39 is 6.09 Å². The maximum atomic E-state index is 10.7. The fraction of sp³-hybridized carbons (Fsp3) is 0.833. The van der Waals surface area contributed by atoms with Gasteiger partial charge in [-0.1, -0.05) is 0 Å². The zero-order chi connectivity index (χ0) is 8.97. The van der Waals surface area contributed by atoms with Gasteiger partial charge in [-0.15, -0.1) is 0 Å². The molecule has 0 bridgehead atoms. The van der Waals surface area contributed by atoms with Gasteiger partial charge in [-0.2, -0.15) is 0 Å². The molecule has 1 unspecified atom stereocenters. The zero-order valence-corrected chi connectivity index (χ0v) is 6.69. The summed E-state index contributed by atoms with van der Waals surface area (Å²) in [6, 6.07) is 0. The molecule has 1 atom stereocenters. The van der Waals surface area contributed by atoms with Crippen LogP contribution in [-0.4, -0.2) is 48.6 Å². The summed E-state index contributed by atoms with van der Waals surface area (Å²) in [5.74, 6) is 5.25. The SMILES string of the molecule is NN1CC(CNCCO)OC1=O. The number of rotatable bonds is 4. The van der Waals surface area contributed by atoms with Gasteiger partial charge in [0, 0.05) is 13.1 Å². The van der Waals surface area contributed by atoms with Gasteiger partial charge in [0.2, 0.25) is 0 Å². The van der Waals surface area contributed by atoms with Crippen molar-refractivity contribution >= 4 is 6.09 Å². The summed E-state index contributed by atoms with van der Waals surface area (Å²) >= 11 is 0. The van der Waals surface area contributed by atoms with Crippen LogP contribution in [0.2, 0.25) is 0 Å². The van der Waals surface area contributed by atoms with Crippen LogP contribution in [0.4, 0.5) is 4.79 Å². The van der Waals surface area contributed by atoms with Gasteiger partial charge in [0.25, 0.3) is 0 Å². The van der Waals surface area contributed by atoms with Crippen LogP contribution in [0.25, 0.3) is 0 Å². The molecule has 1 amide bonds. The molecule has 6 nitrogen and oxygen atoms in total. The molecule has 0 aromatic heterocycles. The third-order valence-corrected chi connectivity index (χ3v) is 1.56. The van der Waals surface area contributed by atoms with E-state index in [1.165, 1.54) is 0 Å². The maximum absolute atomic E-state index is 10.7. The highest BCUT2D eigenvalue weighted by Crippen LogP contribution is 2.05. The number of ether oxygens (including phenoxy) is 1. The van der Waals surface area contributed by atoms with Gasteiger partial charge < -0.3 is 15.2 Å². The van der Waals surface area contributed by atoms with E-state index in [-0.39, 0.29) is 12.7 Å². The van der Waals surface area contributed by atoms with Crippen molar-refractivity contribution in [2.24, 2.45) is 5.84 Å². The minimum Gasteiger partial charge on any atom is -0.442 e. The number of cyclic esters (lactones) is 1. The van der Waals surface area contributed by atoms with Crippen molar-refractivity contribution in [3.05, 3.63) is 0 Å². The summed E-state index contributed by atoms with van der Waals surface area (Å²) in [6.07, 6.45) is -0.695. The van der Waals surface area contributed by atoms with Crippen LogP contribution in [0.1, 0.15) is 0 Å². The Morgan fingerprint density at radius 3 is 3.08 bits per heavy atom. The van der Waals surface area contributed by atoms with Crippen LogP contribution in [0.15, 0.2) is 0 Å². The van der Waals surface area contributed by atoms with Crippen molar-refractivity contribution in [3.63, 3.8) is 0 Å². The second-order valence-corrected chi connectivity index (χ2v) is 2.59. The number of carbonyl (C=O) groups excluding carboxylic acids is 1. The van der Waals surface area contributed by atoms with E-state index in [1.54, 1.807) is 0 Å². The first-order valence-electron chi connectivity index (χ1n) is 3.78. The fourth-order valence-electron chi connectivity index (χ4n) is 0.990. The summed E-state index contributed by atoms with van der Waals surface area (Å²) < 4.78 is 4.84. The molecule has 0 aromatic carbocycles. The average Bonchev–Trinajstić information content (AvgIpc) is 2.32. The Morgan fingerprint density at radius 2 is 2.58 bits per heavy atom. The minimum atomic E-state index is -0.495. The molecule has 0 aliphatic carbocycles. The Kier molecular flexibility index (Phi) is 3.27. The summed E-state index contributed by atoms with van der Waals surface area (Å²) in [5.41, 5.74) is 0. The third kappa shape index (κ3) is 2.33. The number of hydrogen-bond donors (Lipinski definition) is 3. The van der Waals surface area contributed by atoms with E-state index in [2.05, 4.69) is 5.32 Å². The second kappa shape index (κ2) is 4.24. The van der Waals surface area contributed by atoms with Crippen LogP contribution in [-0.2, 0) is 4.74 Å². The Labute approximate surface area is 70.2 Å². The van der Waals surface area contributed by atoms with Crippen LogP contribution in [0.3, 0.4) is 0 Å². The predicted molar refractivity (Wildman–Crippen MR) is 41.1 cm³/mol. The van der Waals surface area contributed by atoms with Gasteiger partial charge in [0.15, 0.2) is 0 Å². The molecule has 1 fully saturated rings. The van der Waals surface area contributed by atoms with E-state index >= 15 is 0 Å². The van der Waals surface area contributed by atoms with Crippen molar-refractivity contribution in [2.45, 2.75) is 6.10 Å². The van der Waals surface area contributed by atoms with E-state index in [9.17, 15) is 4.79 Å². The fourth-order valence-corrected chi connectivity index (χ4v) is 0.990. The lowest BCUT2D eigenvalue weighted by molar-refractivity contribution is 0.131. The highest BCUT2D eigenvalue weighted by atomic mass is 16.6. The Balaban J connectivity index is 2.14. The number of nitrogens with two attached hydrogens (primary N) is 1. The zero-order valence-electron chi connectivity index (χ0n) is 6.69. The lowest BCUT2D eigenvalue weighted by Crippen LogP contribution is -2.35. The first-order chi connectivity index (χ1) is 5.74. The Bertz CT molecular complexity index is 164. The molecule has 0 radical (unpaired) electrons. The number of hydrogen-bond acceptors (Lipinski definition) is 5. The normalized spacial score (nSPS) is 23.0. The molecule has 12 heavy (non-hydrogen) atoms. The molecule has 1 aliphatic rings. The van der Waals surface area contributed by atoms with Gasteiger partial charge in [-0.25, -0.2) is 15.6 Å². The molecule has 1 saturated heterocycles. The molecule has 0 aromatic rings. The molecule has 0 spiro atoms. The van der Waals surface area contributed by atoms with E-state index in [0.29, 0.717) is 19.6 Å². The van der Waals surface area contributed by atoms with Crippen molar-refractivity contribution in [3.8, 4) is 0 Å². The molecule has 6 heteroatoms. The minimum absolute atomic E-state index is 0.0764. The summed E-state index contributed by atoms with van der Waals surface area (Å²) in [6.45, 7) is 1.50. The van der Waals surface area contributed by atoms with E-state index in [4.69, 9.17) is 15.7 Å². The summed E-state index contributed by atoms with van der Waals surface area (Å²) in [5, 5.41) is 12.4. The highest BCUT2D eigenvalue weighted by Gasteiger charge is 2.28. The monoisotopic (exact) mass is 175 g/mol. The van der Waals surface area contributed by atoms with Gasteiger partial charge in [0.05, 0.1) is 13.2 Å². The van der Waals surface area contributed by atoms with Gasteiger partial charge in [-0.3, -0.25) is 0 Å². The van der Waals surface area contributed by atoms with Gasteiger partial charge >= 0.3 is 6.09 Å². The van der Waals surface area contributed by atoms with Crippen LogP contribution >= 0.6 is 0 Å². The third-order valence-electron chi connectivity index (χ3n) is 1.56. The quantitative estimate of drug-likeness (QED) is 0.268. The topological polar surface area (TPSA) is 87.8 Å². The summed E-state index contributed by atoms with van der Waals surface area (Å²) in [7, 11) is 0. The summed E-state index contributed by atoms with van der Waals surface area (Å²) in [4.78, 5) is 10.7. The van der Waals surface area contributed by atoms with Crippen molar-refractivity contribution in [1.29, 1.82) is 0 Å². The highest BCUT2D eigenvalue weighted by molar-refractivity contribution is 5.69. The first kappa shape index (κ1) is 9.24. The second-order valence-electron chi connectivity index (χ2n) is 2.59. The Morgan fingerprint density at radius 1 is 1.83 bits per heavy atom. The smallest absolute Gasteiger partial charge is 0.424 e. The number of aliphatic hydroxyl groups is 1. The van der Waals surface area contributed by atoms with Gasteiger partial charge in [0.1, 0.15) is 6.10 Å². The van der Waals surface area contributed by atoms with E-state index in [0.717, 1.165) is 5.01 Å². The molecular weight excluding hydrogens is 162 g/mol. The van der Waals surface area contributed by atoms with Crippen molar-refractivity contribution < 1.29 is 14.6 Å². The largest absolute Gasteiger partial charge is 0.442 e. The van der Waals surface area contributed by atoms with Crippen LogP contribution < -0.4 is 11.2 Å². The molecule has 1 aliphatic heterocycles. The molecule has 0 saturated carbocycles. The number of nitrogens with zero attached hydrogens (tertiary/aromatic N) is 1. The lowest BCUT2D eigenvalue weighted by atomic mass is 10.3. The Hall–Kier alpha value is -0.850. The van der Waals surface area contributed by atoms with Crippen molar-refractivity contribution in [2.75, 3.05) is 26.2 Å². The average molecular weight is 175 g/mol. The first-order valence-corrected chi connectivity index (χ1v) is 3.78. The lowest BCUT2D eigenvalue weighted by Gasteiger charge is -2.07. The predicted octanol–water partition coefficient (Wildman–Crippen LogP) is -1.74. The maximum Gasteiger partial charge on any atom is 0.424 e. The number of nitrogens with one attached hydrogen (secondary N) is 1. The number of hydrazine groups is 1. The molecule has 4 N–H and O–H groups in total. The molecular formula is C6H13N3O3. The standard InChI is InChI=1S/C6H13N3O3/c7-9-4-5(12-6(9)11)3-8-1-2-10/h5,8,10H,1-4,7H2. The van der Waals surface area contributed by atoms with E-state index in [1.807, 2.05) is 0 Å². The number of carbonyl (C=O) groups is 1. The number of aliphatic hydroxyl groups excluding tert-OH is 1. The van der Waals surface area contributed by atoms with Crippen LogP contribution in [0, 0.1) is 0 Å². The van der Waals surface area contributed by atoms with Crippen LogP contribution in [0.5, 0.6) is 0 Å². The van der Waals surface area contributed by atoms with Gasteiger partial charge in [-0.05, 0) is 0 Å². The molecule has 70 valence electrons. The number of amides is 1.